The van der Waals surface area contributed by atoms with Gasteiger partial charge < -0.3 is 4.98 Å². The van der Waals surface area contributed by atoms with Crippen LogP contribution < -0.4 is 15.6 Å². The minimum Gasteiger partial charge on any atom is -0.361 e. The summed E-state index contributed by atoms with van der Waals surface area (Å²) >= 11 is 0. The van der Waals surface area contributed by atoms with Crippen molar-refractivity contribution in [2.24, 2.45) is 5.92 Å². The SMILES string of the molecule is O=C(Cc1c[nH]c2ccccc12)NNC(=O)c1cccc(S(=O)(=O)NCC2CC2)c1. The Kier molecular flexibility index (Phi) is 5.56. The van der Waals surface area contributed by atoms with Crippen LogP contribution in [-0.2, 0) is 21.2 Å². The van der Waals surface area contributed by atoms with Gasteiger partial charge in [-0.25, -0.2) is 13.1 Å². The lowest BCUT2D eigenvalue weighted by Gasteiger charge is -2.09. The van der Waals surface area contributed by atoms with Crippen molar-refractivity contribution in [1.29, 1.82) is 0 Å². The second-order valence-corrected chi connectivity index (χ2v) is 9.13. The molecule has 1 heterocycles. The van der Waals surface area contributed by atoms with Crippen LogP contribution in [-0.4, -0.2) is 31.8 Å². The number of carbonyl (C=O) groups is 2. The van der Waals surface area contributed by atoms with Gasteiger partial charge in [0.05, 0.1) is 11.3 Å². The maximum Gasteiger partial charge on any atom is 0.269 e. The van der Waals surface area contributed by atoms with Gasteiger partial charge in [0.15, 0.2) is 0 Å². The highest BCUT2D eigenvalue weighted by Crippen LogP contribution is 2.28. The van der Waals surface area contributed by atoms with Crippen LogP contribution in [0.4, 0.5) is 0 Å². The molecule has 9 heteroatoms. The number of hydrazine groups is 1. The predicted octanol–water partition coefficient (Wildman–Crippen LogP) is 1.86. The van der Waals surface area contributed by atoms with Gasteiger partial charge in [0.2, 0.25) is 15.9 Å². The van der Waals surface area contributed by atoms with Crippen LogP contribution in [0.3, 0.4) is 0 Å². The summed E-state index contributed by atoms with van der Waals surface area (Å²) in [6.45, 7) is 0.405. The summed E-state index contributed by atoms with van der Waals surface area (Å²) in [6, 6.07) is 13.3. The Bertz CT molecular complexity index is 1200. The van der Waals surface area contributed by atoms with Crippen molar-refractivity contribution in [3.05, 3.63) is 65.9 Å². The number of nitrogens with one attached hydrogen (secondary N) is 4. The number of H-pyrrole nitrogens is 1. The second-order valence-electron chi connectivity index (χ2n) is 7.36. The maximum absolute atomic E-state index is 12.4. The number of benzene rings is 2. The first-order valence-electron chi connectivity index (χ1n) is 9.66. The lowest BCUT2D eigenvalue weighted by atomic mass is 10.1. The van der Waals surface area contributed by atoms with Gasteiger partial charge in [-0.2, -0.15) is 0 Å². The Balaban J connectivity index is 1.36. The molecule has 0 unspecified atom stereocenters. The number of carbonyl (C=O) groups excluding carboxylic acids is 2. The van der Waals surface area contributed by atoms with Gasteiger partial charge >= 0.3 is 0 Å². The van der Waals surface area contributed by atoms with Gasteiger partial charge in [0.25, 0.3) is 5.91 Å². The molecule has 8 nitrogen and oxygen atoms in total. The minimum absolute atomic E-state index is 0.0147. The summed E-state index contributed by atoms with van der Waals surface area (Å²) in [4.78, 5) is 27.7. The van der Waals surface area contributed by atoms with Crippen molar-refractivity contribution in [1.82, 2.24) is 20.6 Å². The second kappa shape index (κ2) is 8.29. The Morgan fingerprint density at radius 1 is 1.03 bits per heavy atom. The predicted molar refractivity (Wildman–Crippen MR) is 112 cm³/mol. The quantitative estimate of drug-likeness (QED) is 0.431. The molecule has 1 aliphatic rings. The Labute approximate surface area is 174 Å². The van der Waals surface area contributed by atoms with E-state index in [-0.39, 0.29) is 22.8 Å². The molecular formula is C21H22N4O4S. The van der Waals surface area contributed by atoms with Crippen molar-refractivity contribution in [3.8, 4) is 0 Å². The molecule has 0 atom stereocenters. The third kappa shape index (κ3) is 4.69. The van der Waals surface area contributed by atoms with E-state index in [2.05, 4.69) is 20.6 Å². The highest BCUT2D eigenvalue weighted by Gasteiger charge is 2.24. The van der Waals surface area contributed by atoms with E-state index in [4.69, 9.17) is 0 Å². The number of amides is 2. The van der Waals surface area contributed by atoms with E-state index in [1.807, 2.05) is 24.3 Å². The zero-order chi connectivity index (χ0) is 21.1. The fraction of sp³-hybridized carbons (Fsp3) is 0.238. The largest absolute Gasteiger partial charge is 0.361 e. The molecule has 4 rings (SSSR count). The molecule has 2 aromatic carbocycles. The van der Waals surface area contributed by atoms with Crippen LogP contribution in [0.1, 0.15) is 28.8 Å². The van der Waals surface area contributed by atoms with Crippen molar-refractivity contribution < 1.29 is 18.0 Å². The van der Waals surface area contributed by atoms with E-state index in [1.54, 1.807) is 6.20 Å². The molecular weight excluding hydrogens is 404 g/mol. The molecule has 1 aromatic heterocycles. The summed E-state index contributed by atoms with van der Waals surface area (Å²) in [7, 11) is -3.68. The fourth-order valence-electron chi connectivity index (χ4n) is 3.13. The van der Waals surface area contributed by atoms with Crippen LogP contribution in [0.2, 0.25) is 0 Å². The summed E-state index contributed by atoms with van der Waals surface area (Å²) in [5.74, 6) is -0.580. The molecule has 1 aliphatic carbocycles. The van der Waals surface area contributed by atoms with Crippen LogP contribution in [0.5, 0.6) is 0 Å². The average Bonchev–Trinajstić information content (AvgIpc) is 3.51. The highest BCUT2D eigenvalue weighted by atomic mass is 32.2. The molecule has 0 aliphatic heterocycles. The van der Waals surface area contributed by atoms with Gasteiger partial charge in [-0.15, -0.1) is 0 Å². The summed E-state index contributed by atoms with van der Waals surface area (Å²) in [6.07, 6.45) is 3.91. The van der Waals surface area contributed by atoms with Gasteiger partial charge in [-0.1, -0.05) is 24.3 Å². The normalized spacial score (nSPS) is 13.9. The number of fused-ring (bicyclic) bond motifs is 1. The van der Waals surface area contributed by atoms with Gasteiger partial charge in [-0.3, -0.25) is 20.4 Å². The van der Waals surface area contributed by atoms with E-state index in [0.29, 0.717) is 12.5 Å². The van der Waals surface area contributed by atoms with Crippen LogP contribution >= 0.6 is 0 Å². The average molecular weight is 426 g/mol. The minimum atomic E-state index is -3.68. The van der Waals surface area contributed by atoms with E-state index < -0.39 is 15.9 Å². The molecule has 0 spiro atoms. The number of hydrogen-bond acceptors (Lipinski definition) is 4. The molecule has 30 heavy (non-hydrogen) atoms. The molecule has 1 fully saturated rings. The van der Waals surface area contributed by atoms with Gasteiger partial charge in [0, 0.05) is 29.2 Å². The smallest absolute Gasteiger partial charge is 0.269 e. The summed E-state index contributed by atoms with van der Waals surface area (Å²) in [5, 5.41) is 0.940. The van der Waals surface area contributed by atoms with E-state index in [0.717, 1.165) is 29.3 Å². The fourth-order valence-corrected chi connectivity index (χ4v) is 4.29. The monoisotopic (exact) mass is 426 g/mol. The Morgan fingerprint density at radius 3 is 2.63 bits per heavy atom. The molecule has 0 radical (unpaired) electrons. The van der Waals surface area contributed by atoms with Crippen molar-refractivity contribution in [3.63, 3.8) is 0 Å². The molecule has 3 aromatic rings. The number of sulfonamides is 1. The maximum atomic E-state index is 12.4. The summed E-state index contributed by atoms with van der Waals surface area (Å²) in [5.41, 5.74) is 6.58. The number of aromatic amines is 1. The molecule has 1 saturated carbocycles. The number of rotatable bonds is 7. The molecule has 0 saturated heterocycles. The number of hydrogen-bond donors (Lipinski definition) is 4. The van der Waals surface area contributed by atoms with Crippen molar-refractivity contribution >= 4 is 32.7 Å². The van der Waals surface area contributed by atoms with Crippen LogP contribution in [0, 0.1) is 5.92 Å². The zero-order valence-corrected chi connectivity index (χ0v) is 17.0. The lowest BCUT2D eigenvalue weighted by Crippen LogP contribution is -2.42. The van der Waals surface area contributed by atoms with E-state index in [1.165, 1.54) is 24.3 Å². The first-order chi connectivity index (χ1) is 14.4. The van der Waals surface area contributed by atoms with Gasteiger partial charge in [-0.05, 0) is 48.6 Å². The first-order valence-corrected chi connectivity index (χ1v) is 11.1. The first kappa shape index (κ1) is 20.1. The van der Waals surface area contributed by atoms with E-state index >= 15 is 0 Å². The lowest BCUT2D eigenvalue weighted by molar-refractivity contribution is -0.121. The van der Waals surface area contributed by atoms with Crippen molar-refractivity contribution in [2.45, 2.75) is 24.2 Å². The van der Waals surface area contributed by atoms with E-state index in [9.17, 15) is 18.0 Å². The van der Waals surface area contributed by atoms with Crippen molar-refractivity contribution in [2.75, 3.05) is 6.54 Å². The van der Waals surface area contributed by atoms with Crippen LogP contribution in [0.15, 0.2) is 59.6 Å². The Hall–Kier alpha value is -3.17. The molecule has 156 valence electrons. The highest BCUT2D eigenvalue weighted by molar-refractivity contribution is 7.89. The number of aromatic nitrogens is 1. The molecule has 4 N–H and O–H groups in total. The Morgan fingerprint density at radius 2 is 1.83 bits per heavy atom. The third-order valence-electron chi connectivity index (χ3n) is 5.01. The number of para-hydroxylation sites is 1. The van der Waals surface area contributed by atoms with Crippen LogP contribution in [0.25, 0.3) is 10.9 Å². The standard InChI is InChI=1S/C21H22N4O4S/c26-20(11-16-13-22-19-7-2-1-6-18(16)19)24-25-21(27)15-4-3-5-17(10-15)30(28,29)23-12-14-8-9-14/h1-7,10,13-14,22-23H,8-9,11-12H2,(H,24,26)(H,25,27). The van der Waals surface area contributed by atoms with Gasteiger partial charge in [0.1, 0.15) is 0 Å². The third-order valence-corrected chi connectivity index (χ3v) is 6.43. The molecule has 0 bridgehead atoms. The topological polar surface area (TPSA) is 120 Å². The molecule has 2 amide bonds. The summed E-state index contributed by atoms with van der Waals surface area (Å²) < 4.78 is 27.3. The zero-order valence-electron chi connectivity index (χ0n) is 16.1.